The van der Waals surface area contributed by atoms with E-state index in [0.717, 1.165) is 23.1 Å². The predicted octanol–water partition coefficient (Wildman–Crippen LogP) is 1.53. The van der Waals surface area contributed by atoms with Gasteiger partial charge in [-0.25, -0.2) is 0 Å². The monoisotopic (exact) mass is 312 g/mol. The molecule has 0 bridgehead atoms. The molecule has 18 heavy (non-hydrogen) atoms. The molecule has 1 fully saturated rings. The molecular weight excluding hydrogens is 296 g/mol. The van der Waals surface area contributed by atoms with Gasteiger partial charge in [0.05, 0.1) is 0 Å². The Hall–Kier alpha value is -1.07. The number of anilines is 1. The van der Waals surface area contributed by atoms with Crippen molar-refractivity contribution in [2.24, 2.45) is 0 Å². The third kappa shape index (κ3) is 3.03. The topological polar surface area (TPSA) is 52.6 Å². The molecule has 1 heterocycles. The Morgan fingerprint density at radius 1 is 1.50 bits per heavy atom. The van der Waals surface area contributed by atoms with Gasteiger partial charge in [0.25, 0.3) is 0 Å². The highest BCUT2D eigenvalue weighted by molar-refractivity contribution is 9.10. The van der Waals surface area contributed by atoms with Crippen LogP contribution < -0.4 is 10.2 Å². The molecule has 1 atom stereocenters. The van der Waals surface area contributed by atoms with Crippen LogP contribution >= 0.6 is 15.9 Å². The van der Waals surface area contributed by atoms with Gasteiger partial charge in [0.2, 0.25) is 5.91 Å². The quantitative estimate of drug-likeness (QED) is 0.890. The molecule has 0 aromatic heterocycles. The van der Waals surface area contributed by atoms with Crippen molar-refractivity contribution in [1.82, 2.24) is 5.32 Å². The van der Waals surface area contributed by atoms with E-state index in [-0.39, 0.29) is 18.6 Å². The zero-order chi connectivity index (χ0) is 13.0. The molecule has 0 aliphatic carbocycles. The number of carbonyl (C=O) groups is 1. The third-order valence-corrected chi connectivity index (χ3v) is 3.59. The molecule has 98 valence electrons. The smallest absolute Gasteiger partial charge is 0.242 e. The maximum Gasteiger partial charge on any atom is 0.242 e. The van der Waals surface area contributed by atoms with Crippen molar-refractivity contribution in [2.45, 2.75) is 18.9 Å². The second-order valence-electron chi connectivity index (χ2n) is 4.35. The SMILES string of the molecule is O=C1NCCCN(c2cccc(Br)c2)C1CCO. The summed E-state index contributed by atoms with van der Waals surface area (Å²) in [5, 5.41) is 12.0. The molecule has 0 radical (unpaired) electrons. The van der Waals surface area contributed by atoms with E-state index < -0.39 is 0 Å². The van der Waals surface area contributed by atoms with Crippen LogP contribution in [-0.4, -0.2) is 36.8 Å². The van der Waals surface area contributed by atoms with Crippen molar-refractivity contribution in [3.05, 3.63) is 28.7 Å². The highest BCUT2D eigenvalue weighted by Gasteiger charge is 2.27. The molecule has 1 saturated heterocycles. The number of carbonyl (C=O) groups excluding carboxylic acids is 1. The van der Waals surface area contributed by atoms with Crippen LogP contribution in [0.1, 0.15) is 12.8 Å². The summed E-state index contributed by atoms with van der Waals surface area (Å²) in [5.41, 5.74) is 1.01. The van der Waals surface area contributed by atoms with Crippen molar-refractivity contribution in [3.8, 4) is 0 Å². The number of aliphatic hydroxyl groups excluding tert-OH is 1. The number of amides is 1. The van der Waals surface area contributed by atoms with Crippen LogP contribution in [0.25, 0.3) is 0 Å². The highest BCUT2D eigenvalue weighted by atomic mass is 79.9. The molecule has 1 aliphatic heterocycles. The second kappa shape index (κ2) is 6.20. The minimum absolute atomic E-state index is 0.00141. The lowest BCUT2D eigenvalue weighted by molar-refractivity contribution is -0.122. The van der Waals surface area contributed by atoms with Crippen LogP contribution in [0, 0.1) is 0 Å². The van der Waals surface area contributed by atoms with Gasteiger partial charge in [-0.15, -0.1) is 0 Å². The summed E-state index contributed by atoms with van der Waals surface area (Å²) in [6.45, 7) is 1.54. The van der Waals surface area contributed by atoms with Crippen LogP contribution in [-0.2, 0) is 4.79 Å². The number of halogens is 1. The van der Waals surface area contributed by atoms with Crippen LogP contribution in [0.5, 0.6) is 0 Å². The summed E-state index contributed by atoms with van der Waals surface area (Å²) >= 11 is 3.45. The lowest BCUT2D eigenvalue weighted by Crippen LogP contribution is -2.45. The first-order valence-electron chi connectivity index (χ1n) is 6.13. The molecular formula is C13H17BrN2O2. The summed E-state index contributed by atoms with van der Waals surface area (Å²) in [7, 11) is 0. The minimum Gasteiger partial charge on any atom is -0.396 e. The van der Waals surface area contributed by atoms with Crippen molar-refractivity contribution in [2.75, 3.05) is 24.6 Å². The fourth-order valence-electron chi connectivity index (χ4n) is 2.25. The number of nitrogens with zero attached hydrogens (tertiary/aromatic N) is 1. The molecule has 0 spiro atoms. The highest BCUT2D eigenvalue weighted by Crippen LogP contribution is 2.24. The molecule has 4 nitrogen and oxygen atoms in total. The van der Waals surface area contributed by atoms with Gasteiger partial charge in [0.15, 0.2) is 0 Å². The maximum absolute atomic E-state index is 12.0. The van der Waals surface area contributed by atoms with E-state index >= 15 is 0 Å². The molecule has 1 aliphatic rings. The number of hydrogen-bond acceptors (Lipinski definition) is 3. The zero-order valence-electron chi connectivity index (χ0n) is 10.1. The summed E-state index contributed by atoms with van der Waals surface area (Å²) < 4.78 is 0.993. The van der Waals surface area contributed by atoms with E-state index in [1.54, 1.807) is 0 Å². The Bertz CT molecular complexity index is 425. The summed E-state index contributed by atoms with van der Waals surface area (Å²) in [6, 6.07) is 7.63. The van der Waals surface area contributed by atoms with Crippen molar-refractivity contribution in [1.29, 1.82) is 0 Å². The average Bonchev–Trinajstić information content (AvgIpc) is 2.53. The minimum atomic E-state index is -0.285. The molecule has 0 saturated carbocycles. The number of hydrogen-bond donors (Lipinski definition) is 2. The number of rotatable bonds is 3. The Labute approximate surface area is 115 Å². The van der Waals surface area contributed by atoms with Gasteiger partial charge in [-0.3, -0.25) is 4.79 Å². The normalized spacial score (nSPS) is 20.4. The van der Waals surface area contributed by atoms with Gasteiger partial charge in [-0.2, -0.15) is 0 Å². The average molecular weight is 313 g/mol. The molecule has 1 unspecified atom stereocenters. The Morgan fingerprint density at radius 2 is 2.33 bits per heavy atom. The Morgan fingerprint density at radius 3 is 3.06 bits per heavy atom. The maximum atomic E-state index is 12.0. The van der Waals surface area contributed by atoms with Gasteiger partial charge in [0.1, 0.15) is 6.04 Å². The zero-order valence-corrected chi connectivity index (χ0v) is 11.7. The molecule has 5 heteroatoms. The van der Waals surface area contributed by atoms with Crippen LogP contribution in [0.15, 0.2) is 28.7 Å². The third-order valence-electron chi connectivity index (χ3n) is 3.10. The first kappa shape index (κ1) is 13.4. The molecule has 2 N–H and O–H groups in total. The van der Waals surface area contributed by atoms with Crippen molar-refractivity contribution >= 4 is 27.5 Å². The van der Waals surface area contributed by atoms with E-state index in [4.69, 9.17) is 5.11 Å². The van der Waals surface area contributed by atoms with E-state index in [1.165, 1.54) is 0 Å². The fourth-order valence-corrected chi connectivity index (χ4v) is 2.64. The largest absolute Gasteiger partial charge is 0.396 e. The summed E-state index contributed by atoms with van der Waals surface area (Å²) in [6.07, 6.45) is 1.37. The lowest BCUT2D eigenvalue weighted by atomic mass is 10.1. The molecule has 1 amide bonds. The van der Waals surface area contributed by atoms with Crippen molar-refractivity contribution in [3.63, 3.8) is 0 Å². The van der Waals surface area contributed by atoms with Crippen molar-refractivity contribution < 1.29 is 9.90 Å². The predicted molar refractivity (Wildman–Crippen MR) is 74.6 cm³/mol. The summed E-state index contributed by atoms with van der Waals surface area (Å²) in [4.78, 5) is 14.1. The Balaban J connectivity index is 2.28. The molecule has 1 aromatic carbocycles. The van der Waals surface area contributed by atoms with E-state index in [1.807, 2.05) is 24.3 Å². The number of nitrogens with one attached hydrogen (secondary N) is 1. The first-order valence-corrected chi connectivity index (χ1v) is 6.92. The van der Waals surface area contributed by atoms with E-state index in [2.05, 4.69) is 26.1 Å². The first-order chi connectivity index (χ1) is 8.72. The van der Waals surface area contributed by atoms with Gasteiger partial charge < -0.3 is 15.3 Å². The van der Waals surface area contributed by atoms with E-state index in [9.17, 15) is 4.79 Å². The molecule has 1 aromatic rings. The van der Waals surface area contributed by atoms with Gasteiger partial charge in [-0.05, 0) is 31.0 Å². The number of aliphatic hydroxyl groups is 1. The second-order valence-corrected chi connectivity index (χ2v) is 5.26. The summed E-state index contributed by atoms with van der Waals surface area (Å²) in [5.74, 6) is 0.00141. The van der Waals surface area contributed by atoms with Crippen LogP contribution in [0.2, 0.25) is 0 Å². The van der Waals surface area contributed by atoms with Gasteiger partial charge >= 0.3 is 0 Å². The standard InChI is InChI=1S/C13H17BrN2O2/c14-10-3-1-4-11(9-10)16-7-2-6-15-13(18)12(16)5-8-17/h1,3-4,9,12,17H,2,5-8H2,(H,15,18). The molecule has 2 rings (SSSR count). The number of benzene rings is 1. The van der Waals surface area contributed by atoms with E-state index in [0.29, 0.717) is 13.0 Å². The van der Waals surface area contributed by atoms with Gasteiger partial charge in [0, 0.05) is 29.9 Å². The fraction of sp³-hybridized carbons (Fsp3) is 0.462. The van der Waals surface area contributed by atoms with Crippen LogP contribution in [0.4, 0.5) is 5.69 Å². The van der Waals surface area contributed by atoms with Gasteiger partial charge in [-0.1, -0.05) is 22.0 Å². The lowest BCUT2D eigenvalue weighted by Gasteiger charge is -2.30. The van der Waals surface area contributed by atoms with Crippen LogP contribution in [0.3, 0.4) is 0 Å². The Kier molecular flexibility index (Phi) is 4.60.